The number of amides is 1. The summed E-state index contributed by atoms with van der Waals surface area (Å²) in [5.41, 5.74) is 0. The van der Waals surface area contributed by atoms with Gasteiger partial charge in [0.15, 0.2) is 0 Å². The van der Waals surface area contributed by atoms with Crippen molar-refractivity contribution in [2.75, 3.05) is 20.2 Å². The molecule has 2 atom stereocenters. The number of rotatable bonds is 0. The summed E-state index contributed by atoms with van der Waals surface area (Å²) in [5.74, 6) is 0. The Balaban J connectivity index is 2.08. The number of carbonyl (C=O) groups excluding carboxylic acids is 1. The van der Waals surface area contributed by atoms with Crippen LogP contribution in [-0.2, 0) is 4.74 Å². The maximum Gasteiger partial charge on any atom is 0.409 e. The minimum absolute atomic E-state index is 0.168. The molecule has 3 aliphatic heterocycles. The first-order chi connectivity index (χ1) is 6.31. The summed E-state index contributed by atoms with van der Waals surface area (Å²) in [4.78, 5) is 13.3. The number of fused-ring (bicyclic) bond motifs is 4. The standard InChI is InChI=1S/C9H16N2O2/c1-13-9(12)11-6-7-3-2-4-8(11)5-10-7/h7-8,10H,2-6H2,1H3. The Morgan fingerprint density at radius 1 is 1.54 bits per heavy atom. The molecule has 3 aliphatic rings. The van der Waals surface area contributed by atoms with Crippen LogP contribution in [-0.4, -0.2) is 43.3 Å². The molecule has 0 radical (unpaired) electrons. The molecule has 2 bridgehead atoms. The SMILES string of the molecule is COC(=O)N1CC2CCCC1CN2. The fraction of sp³-hybridized carbons (Fsp3) is 0.889. The van der Waals surface area contributed by atoms with Crippen LogP contribution < -0.4 is 5.32 Å². The molecule has 1 N–H and O–H groups in total. The highest BCUT2D eigenvalue weighted by Gasteiger charge is 2.34. The van der Waals surface area contributed by atoms with Crippen molar-refractivity contribution in [1.82, 2.24) is 10.2 Å². The largest absolute Gasteiger partial charge is 0.453 e. The van der Waals surface area contributed by atoms with E-state index in [1.165, 1.54) is 20.0 Å². The van der Waals surface area contributed by atoms with Crippen LogP contribution in [0.15, 0.2) is 0 Å². The van der Waals surface area contributed by atoms with Gasteiger partial charge in [-0.3, -0.25) is 0 Å². The number of nitrogens with one attached hydrogen (secondary N) is 1. The number of ether oxygens (including phenoxy) is 1. The van der Waals surface area contributed by atoms with E-state index in [9.17, 15) is 4.79 Å². The summed E-state index contributed by atoms with van der Waals surface area (Å²) in [6, 6.07) is 0.837. The van der Waals surface area contributed by atoms with E-state index in [-0.39, 0.29) is 6.09 Å². The molecule has 13 heavy (non-hydrogen) atoms. The Kier molecular flexibility index (Phi) is 2.40. The molecule has 4 heteroatoms. The lowest BCUT2D eigenvalue weighted by Gasteiger charge is -2.36. The number of hydrogen-bond acceptors (Lipinski definition) is 3. The van der Waals surface area contributed by atoms with Gasteiger partial charge in [0.1, 0.15) is 0 Å². The van der Waals surface area contributed by atoms with Gasteiger partial charge in [0.05, 0.1) is 7.11 Å². The number of nitrogens with zero attached hydrogens (tertiary/aromatic N) is 1. The van der Waals surface area contributed by atoms with Gasteiger partial charge in [-0.15, -0.1) is 0 Å². The quantitative estimate of drug-likeness (QED) is 0.598. The summed E-state index contributed by atoms with van der Waals surface area (Å²) in [7, 11) is 1.45. The molecule has 74 valence electrons. The lowest BCUT2D eigenvalue weighted by atomic mass is 10.1. The van der Waals surface area contributed by atoms with Crippen LogP contribution in [0.1, 0.15) is 19.3 Å². The van der Waals surface area contributed by atoms with Gasteiger partial charge in [0.25, 0.3) is 0 Å². The zero-order valence-electron chi connectivity index (χ0n) is 7.95. The van der Waals surface area contributed by atoms with Crippen molar-refractivity contribution in [2.24, 2.45) is 0 Å². The van der Waals surface area contributed by atoms with E-state index in [1.54, 1.807) is 0 Å². The first kappa shape index (κ1) is 8.81. The zero-order valence-corrected chi connectivity index (χ0v) is 7.95. The molecule has 4 nitrogen and oxygen atoms in total. The van der Waals surface area contributed by atoms with Gasteiger partial charge in [-0.05, 0) is 19.3 Å². The predicted molar refractivity (Wildman–Crippen MR) is 48.5 cm³/mol. The molecule has 3 rings (SSSR count). The zero-order chi connectivity index (χ0) is 9.26. The molecule has 0 aromatic carbocycles. The van der Waals surface area contributed by atoms with Gasteiger partial charge >= 0.3 is 6.09 Å². The van der Waals surface area contributed by atoms with Gasteiger partial charge in [-0.1, -0.05) is 0 Å². The number of carbonyl (C=O) groups is 1. The van der Waals surface area contributed by atoms with Gasteiger partial charge in [-0.2, -0.15) is 0 Å². The third kappa shape index (κ3) is 1.63. The van der Waals surface area contributed by atoms with Gasteiger partial charge < -0.3 is 15.0 Å². The third-order valence-corrected chi connectivity index (χ3v) is 3.00. The van der Waals surface area contributed by atoms with E-state index < -0.39 is 0 Å². The van der Waals surface area contributed by atoms with E-state index in [2.05, 4.69) is 5.32 Å². The van der Waals surface area contributed by atoms with Gasteiger partial charge in [0.2, 0.25) is 0 Å². The third-order valence-electron chi connectivity index (χ3n) is 3.00. The lowest BCUT2D eigenvalue weighted by Crippen LogP contribution is -2.56. The Bertz CT molecular complexity index is 204. The highest BCUT2D eigenvalue weighted by atomic mass is 16.5. The van der Waals surface area contributed by atoms with Crippen molar-refractivity contribution in [3.05, 3.63) is 0 Å². The van der Waals surface area contributed by atoms with Crippen LogP contribution >= 0.6 is 0 Å². The molecule has 0 aromatic heterocycles. The van der Waals surface area contributed by atoms with Crippen LogP contribution in [0.2, 0.25) is 0 Å². The number of piperazine rings is 1. The molecular weight excluding hydrogens is 168 g/mol. The molecule has 0 aromatic rings. The highest BCUT2D eigenvalue weighted by molar-refractivity contribution is 5.68. The molecular formula is C9H16N2O2. The highest BCUT2D eigenvalue weighted by Crippen LogP contribution is 2.21. The number of methoxy groups -OCH3 is 1. The second-order valence-corrected chi connectivity index (χ2v) is 3.81. The second kappa shape index (κ2) is 3.54. The van der Waals surface area contributed by atoms with E-state index >= 15 is 0 Å². The first-order valence-electron chi connectivity index (χ1n) is 4.89. The summed E-state index contributed by atoms with van der Waals surface area (Å²) in [6.07, 6.45) is 3.34. The average Bonchev–Trinajstić information content (AvgIpc) is 2.50. The maximum atomic E-state index is 11.4. The first-order valence-corrected chi connectivity index (χ1v) is 4.89. The molecule has 0 aliphatic carbocycles. The van der Waals surface area contributed by atoms with Crippen molar-refractivity contribution >= 4 is 6.09 Å². The van der Waals surface area contributed by atoms with Crippen LogP contribution in [0.5, 0.6) is 0 Å². The van der Waals surface area contributed by atoms with Crippen molar-refractivity contribution in [2.45, 2.75) is 31.3 Å². The van der Waals surface area contributed by atoms with Crippen LogP contribution in [0.25, 0.3) is 0 Å². The average molecular weight is 184 g/mol. The maximum absolute atomic E-state index is 11.4. The molecule has 3 saturated heterocycles. The van der Waals surface area contributed by atoms with Crippen molar-refractivity contribution in [1.29, 1.82) is 0 Å². The molecule has 3 fully saturated rings. The minimum Gasteiger partial charge on any atom is -0.453 e. The normalized spacial score (nSPS) is 32.8. The van der Waals surface area contributed by atoms with Crippen molar-refractivity contribution in [3.63, 3.8) is 0 Å². The van der Waals surface area contributed by atoms with Crippen LogP contribution in [0.4, 0.5) is 4.79 Å². The molecule has 2 unspecified atom stereocenters. The minimum atomic E-state index is -0.168. The Labute approximate surface area is 78.2 Å². The van der Waals surface area contributed by atoms with Crippen LogP contribution in [0, 0.1) is 0 Å². The van der Waals surface area contributed by atoms with Crippen molar-refractivity contribution in [3.8, 4) is 0 Å². The van der Waals surface area contributed by atoms with E-state index in [0.717, 1.165) is 19.5 Å². The fourth-order valence-corrected chi connectivity index (χ4v) is 2.26. The summed E-state index contributed by atoms with van der Waals surface area (Å²) >= 11 is 0. The predicted octanol–water partition coefficient (Wildman–Crippen LogP) is 0.579. The van der Waals surface area contributed by atoms with Gasteiger partial charge in [-0.25, -0.2) is 4.79 Å². The number of hydrogen-bond donors (Lipinski definition) is 1. The molecule has 0 saturated carbocycles. The van der Waals surface area contributed by atoms with E-state index in [1.807, 2.05) is 4.90 Å². The summed E-state index contributed by atoms with van der Waals surface area (Å²) < 4.78 is 4.76. The van der Waals surface area contributed by atoms with Crippen molar-refractivity contribution < 1.29 is 9.53 Å². The summed E-state index contributed by atoms with van der Waals surface area (Å²) in [6.45, 7) is 1.75. The Hall–Kier alpha value is -0.770. The fourth-order valence-electron chi connectivity index (χ4n) is 2.26. The molecule has 0 spiro atoms. The topological polar surface area (TPSA) is 41.6 Å². The summed E-state index contributed by atoms with van der Waals surface area (Å²) in [5, 5.41) is 3.44. The van der Waals surface area contributed by atoms with E-state index in [0.29, 0.717) is 12.1 Å². The van der Waals surface area contributed by atoms with E-state index in [4.69, 9.17) is 4.74 Å². The monoisotopic (exact) mass is 184 g/mol. The Morgan fingerprint density at radius 3 is 3.15 bits per heavy atom. The lowest BCUT2D eigenvalue weighted by molar-refractivity contribution is 0.0889. The molecule has 1 amide bonds. The molecule has 3 heterocycles. The smallest absolute Gasteiger partial charge is 0.409 e. The van der Waals surface area contributed by atoms with Gasteiger partial charge in [0, 0.05) is 25.2 Å². The van der Waals surface area contributed by atoms with Crippen LogP contribution in [0.3, 0.4) is 0 Å². The Morgan fingerprint density at radius 2 is 2.38 bits per heavy atom. The second-order valence-electron chi connectivity index (χ2n) is 3.81.